The van der Waals surface area contributed by atoms with Crippen LogP contribution in [0.1, 0.15) is 32.3 Å². The summed E-state index contributed by atoms with van der Waals surface area (Å²) in [6, 6.07) is 6.58. The summed E-state index contributed by atoms with van der Waals surface area (Å²) >= 11 is 0. The highest BCUT2D eigenvalue weighted by Gasteiger charge is 2.16. The number of hydrogen-bond acceptors (Lipinski definition) is 4. The average Bonchev–Trinajstić information content (AvgIpc) is 2.27. The maximum Gasteiger partial charge on any atom is 0.297 e. The van der Waals surface area contributed by atoms with E-state index in [1.807, 2.05) is 13.8 Å². The lowest BCUT2D eigenvalue weighted by molar-refractivity contribution is 0.126. The maximum absolute atomic E-state index is 11.7. The fraction of sp³-hybridized carbons (Fsp3) is 0.500. The van der Waals surface area contributed by atoms with Gasteiger partial charge in [0.05, 0.1) is 17.6 Å². The Labute approximate surface area is 102 Å². The molecule has 0 aliphatic carbocycles. The number of aliphatic hydroxyl groups excluding tert-OH is 1. The second kappa shape index (κ2) is 5.62. The number of hydrogen-bond donors (Lipinski definition) is 1. The normalized spacial score (nSPS) is 13.9. The van der Waals surface area contributed by atoms with Gasteiger partial charge in [0, 0.05) is 0 Å². The van der Waals surface area contributed by atoms with E-state index >= 15 is 0 Å². The first-order chi connectivity index (χ1) is 7.83. The highest BCUT2D eigenvalue weighted by atomic mass is 32.2. The van der Waals surface area contributed by atoms with E-state index in [9.17, 15) is 8.42 Å². The van der Waals surface area contributed by atoms with Crippen molar-refractivity contribution in [3.8, 4) is 0 Å². The van der Waals surface area contributed by atoms with E-state index in [-0.39, 0.29) is 11.5 Å². The topological polar surface area (TPSA) is 63.6 Å². The zero-order valence-electron chi connectivity index (χ0n) is 10.3. The van der Waals surface area contributed by atoms with Crippen molar-refractivity contribution in [2.45, 2.75) is 37.7 Å². The van der Waals surface area contributed by atoms with Gasteiger partial charge in [0.15, 0.2) is 0 Å². The SMILES string of the molecule is CC(O)COS(=O)(=O)c1ccc(C(C)C)cc1. The second-order valence-electron chi connectivity index (χ2n) is 4.31. The molecule has 0 bridgehead atoms. The number of benzene rings is 1. The summed E-state index contributed by atoms with van der Waals surface area (Å²) in [4.78, 5) is 0.113. The summed E-state index contributed by atoms with van der Waals surface area (Å²) in [6.45, 7) is 5.31. The van der Waals surface area contributed by atoms with Crippen molar-refractivity contribution in [2.24, 2.45) is 0 Å². The third-order valence-corrected chi connectivity index (χ3v) is 3.60. The van der Waals surface area contributed by atoms with Crippen LogP contribution in [0.5, 0.6) is 0 Å². The minimum atomic E-state index is -3.76. The summed E-state index contributed by atoms with van der Waals surface area (Å²) < 4.78 is 28.1. The van der Waals surface area contributed by atoms with Crippen molar-refractivity contribution in [1.29, 1.82) is 0 Å². The predicted octanol–water partition coefficient (Wildman–Crippen LogP) is 1.90. The van der Waals surface area contributed by atoms with Crippen molar-refractivity contribution >= 4 is 10.1 Å². The Morgan fingerprint density at radius 1 is 1.18 bits per heavy atom. The van der Waals surface area contributed by atoms with Gasteiger partial charge in [0.2, 0.25) is 0 Å². The minimum absolute atomic E-state index is 0.113. The first kappa shape index (κ1) is 14.2. The molecule has 5 heteroatoms. The molecule has 0 fully saturated rings. The number of aliphatic hydroxyl groups is 1. The molecular formula is C12H18O4S. The van der Waals surface area contributed by atoms with E-state index in [2.05, 4.69) is 0 Å². The summed E-state index contributed by atoms with van der Waals surface area (Å²) in [5.41, 5.74) is 1.07. The molecule has 1 rings (SSSR count). The number of rotatable bonds is 5. The van der Waals surface area contributed by atoms with Crippen molar-refractivity contribution in [3.05, 3.63) is 29.8 Å². The van der Waals surface area contributed by atoms with Gasteiger partial charge in [-0.3, -0.25) is 4.18 Å². The van der Waals surface area contributed by atoms with Crippen LogP contribution in [0.15, 0.2) is 29.2 Å². The molecule has 1 aromatic rings. The molecule has 1 aromatic carbocycles. The Hall–Kier alpha value is -0.910. The molecule has 17 heavy (non-hydrogen) atoms. The molecule has 0 heterocycles. The first-order valence-electron chi connectivity index (χ1n) is 5.50. The van der Waals surface area contributed by atoms with Gasteiger partial charge in [0.1, 0.15) is 0 Å². The lowest BCUT2D eigenvalue weighted by atomic mass is 10.0. The molecule has 1 atom stereocenters. The Balaban J connectivity index is 2.85. The molecule has 0 aromatic heterocycles. The predicted molar refractivity (Wildman–Crippen MR) is 65.3 cm³/mol. The van der Waals surface area contributed by atoms with Crippen LogP contribution >= 0.6 is 0 Å². The lowest BCUT2D eigenvalue weighted by Crippen LogP contribution is -2.15. The van der Waals surface area contributed by atoms with Crippen LogP contribution in [-0.2, 0) is 14.3 Å². The Kier molecular flexibility index (Phi) is 4.68. The maximum atomic E-state index is 11.7. The smallest absolute Gasteiger partial charge is 0.297 e. The molecule has 0 aliphatic rings. The first-order valence-corrected chi connectivity index (χ1v) is 6.91. The van der Waals surface area contributed by atoms with Crippen LogP contribution in [0.3, 0.4) is 0 Å². The van der Waals surface area contributed by atoms with Crippen LogP contribution in [0.4, 0.5) is 0 Å². The third-order valence-electron chi connectivity index (χ3n) is 2.30. The van der Waals surface area contributed by atoms with Gasteiger partial charge in [0.25, 0.3) is 10.1 Å². The monoisotopic (exact) mass is 258 g/mol. The van der Waals surface area contributed by atoms with Gasteiger partial charge in [-0.15, -0.1) is 0 Å². The Morgan fingerprint density at radius 2 is 1.71 bits per heavy atom. The average molecular weight is 258 g/mol. The van der Waals surface area contributed by atoms with Crippen LogP contribution in [0, 0.1) is 0 Å². The van der Waals surface area contributed by atoms with Crippen molar-refractivity contribution in [3.63, 3.8) is 0 Å². The molecule has 0 saturated heterocycles. The third kappa shape index (κ3) is 4.11. The molecular weight excluding hydrogens is 240 g/mol. The van der Waals surface area contributed by atoms with Gasteiger partial charge >= 0.3 is 0 Å². The van der Waals surface area contributed by atoms with Crippen LogP contribution in [0.25, 0.3) is 0 Å². The molecule has 0 amide bonds. The molecule has 96 valence electrons. The van der Waals surface area contributed by atoms with Gasteiger partial charge < -0.3 is 5.11 Å². The van der Waals surface area contributed by atoms with Crippen LogP contribution in [-0.4, -0.2) is 26.2 Å². The summed E-state index contributed by atoms with van der Waals surface area (Å²) in [6.07, 6.45) is -0.806. The summed E-state index contributed by atoms with van der Waals surface area (Å²) in [5, 5.41) is 8.99. The fourth-order valence-electron chi connectivity index (χ4n) is 1.28. The van der Waals surface area contributed by atoms with Crippen molar-refractivity contribution in [2.75, 3.05) is 6.61 Å². The van der Waals surface area contributed by atoms with E-state index in [1.54, 1.807) is 12.1 Å². The summed E-state index contributed by atoms with van der Waals surface area (Å²) in [5.74, 6) is 0.352. The molecule has 0 aliphatic heterocycles. The van der Waals surface area contributed by atoms with Gasteiger partial charge in [-0.25, -0.2) is 0 Å². The van der Waals surface area contributed by atoms with E-state index in [0.29, 0.717) is 5.92 Å². The molecule has 0 saturated carbocycles. The van der Waals surface area contributed by atoms with E-state index in [0.717, 1.165) is 5.56 Å². The summed E-state index contributed by atoms with van der Waals surface area (Å²) in [7, 11) is -3.76. The highest BCUT2D eigenvalue weighted by Crippen LogP contribution is 2.18. The standard InChI is InChI=1S/C12H18O4S/c1-9(2)11-4-6-12(7-5-11)17(14,15)16-8-10(3)13/h4-7,9-10,13H,8H2,1-3H3. The van der Waals surface area contributed by atoms with Gasteiger partial charge in [-0.05, 0) is 30.5 Å². The molecule has 4 nitrogen and oxygen atoms in total. The zero-order chi connectivity index (χ0) is 13.1. The fourth-order valence-corrected chi connectivity index (χ4v) is 2.26. The molecule has 0 spiro atoms. The van der Waals surface area contributed by atoms with Gasteiger partial charge in [-0.2, -0.15) is 8.42 Å². The van der Waals surface area contributed by atoms with E-state index in [1.165, 1.54) is 19.1 Å². The highest BCUT2D eigenvalue weighted by molar-refractivity contribution is 7.86. The Bertz CT molecular complexity index is 446. The minimum Gasteiger partial charge on any atom is -0.391 e. The van der Waals surface area contributed by atoms with Crippen molar-refractivity contribution in [1.82, 2.24) is 0 Å². The molecule has 0 radical (unpaired) electrons. The quantitative estimate of drug-likeness (QED) is 0.819. The second-order valence-corrected chi connectivity index (χ2v) is 5.93. The van der Waals surface area contributed by atoms with Gasteiger partial charge in [-0.1, -0.05) is 26.0 Å². The van der Waals surface area contributed by atoms with Crippen molar-refractivity contribution < 1.29 is 17.7 Å². The lowest BCUT2D eigenvalue weighted by Gasteiger charge is -2.09. The van der Waals surface area contributed by atoms with Crippen LogP contribution in [0.2, 0.25) is 0 Å². The molecule has 1 unspecified atom stereocenters. The van der Waals surface area contributed by atoms with E-state index in [4.69, 9.17) is 9.29 Å². The largest absolute Gasteiger partial charge is 0.391 e. The zero-order valence-corrected chi connectivity index (χ0v) is 11.1. The van der Waals surface area contributed by atoms with Crippen LogP contribution < -0.4 is 0 Å². The molecule has 1 N–H and O–H groups in total. The van der Waals surface area contributed by atoms with E-state index < -0.39 is 16.2 Å². The Morgan fingerprint density at radius 3 is 2.12 bits per heavy atom.